The van der Waals surface area contributed by atoms with Crippen molar-refractivity contribution in [1.82, 2.24) is 10.2 Å². The third-order valence-corrected chi connectivity index (χ3v) is 5.63. The van der Waals surface area contributed by atoms with Crippen LogP contribution >= 0.6 is 11.3 Å². The van der Waals surface area contributed by atoms with Crippen LogP contribution in [0.25, 0.3) is 0 Å². The normalized spacial score (nSPS) is 23.2. The molecule has 1 atom stereocenters. The number of nitrogens with zero attached hydrogens (tertiary/aromatic N) is 1. The van der Waals surface area contributed by atoms with Gasteiger partial charge in [-0.3, -0.25) is 9.59 Å². The number of aryl methyl sites for hydroxylation is 1. The fourth-order valence-corrected chi connectivity index (χ4v) is 4.26. The molecule has 1 spiro atoms. The molecule has 2 aliphatic rings. The molecule has 0 aromatic carbocycles. The predicted molar refractivity (Wildman–Crippen MR) is 78.5 cm³/mol. The highest BCUT2D eigenvalue weighted by Crippen LogP contribution is 2.37. The van der Waals surface area contributed by atoms with E-state index in [1.807, 2.05) is 6.92 Å². The van der Waals surface area contributed by atoms with E-state index in [1.54, 1.807) is 16.2 Å². The zero-order chi connectivity index (χ0) is 14.3. The van der Waals surface area contributed by atoms with E-state index in [1.165, 1.54) is 4.88 Å². The molecular formula is C15H20N2O2S. The molecule has 2 heterocycles. The molecule has 108 valence electrons. The highest BCUT2D eigenvalue weighted by molar-refractivity contribution is 7.12. The lowest BCUT2D eigenvalue weighted by Gasteiger charge is -2.42. The van der Waals surface area contributed by atoms with Gasteiger partial charge in [0.15, 0.2) is 0 Å². The van der Waals surface area contributed by atoms with Gasteiger partial charge in [-0.1, -0.05) is 12.8 Å². The Balaban J connectivity index is 1.88. The minimum atomic E-state index is -0.615. The average Bonchev–Trinajstić information content (AvgIpc) is 3.03. The molecule has 1 saturated heterocycles. The molecule has 5 heteroatoms. The molecular weight excluding hydrogens is 272 g/mol. The molecule has 1 aromatic rings. The first-order valence-corrected chi connectivity index (χ1v) is 8.02. The molecule has 1 aliphatic heterocycles. The van der Waals surface area contributed by atoms with Crippen molar-refractivity contribution in [1.29, 1.82) is 0 Å². The van der Waals surface area contributed by atoms with Crippen LogP contribution in [0.5, 0.6) is 0 Å². The van der Waals surface area contributed by atoms with Gasteiger partial charge >= 0.3 is 0 Å². The second kappa shape index (κ2) is 4.88. The Morgan fingerprint density at radius 2 is 2.00 bits per heavy atom. The van der Waals surface area contributed by atoms with Crippen LogP contribution < -0.4 is 5.32 Å². The van der Waals surface area contributed by atoms with Gasteiger partial charge in [-0.15, -0.1) is 11.3 Å². The predicted octanol–water partition coefficient (Wildman–Crippen LogP) is 2.39. The van der Waals surface area contributed by atoms with Crippen LogP contribution in [0.1, 0.15) is 48.4 Å². The van der Waals surface area contributed by atoms with Crippen molar-refractivity contribution in [3.63, 3.8) is 0 Å². The number of hydrogen-bond donors (Lipinski definition) is 1. The summed E-state index contributed by atoms with van der Waals surface area (Å²) in [4.78, 5) is 29.0. The maximum absolute atomic E-state index is 12.8. The summed E-state index contributed by atoms with van der Waals surface area (Å²) in [6.07, 6.45) is 3.60. The van der Waals surface area contributed by atoms with Gasteiger partial charge in [-0.25, -0.2) is 0 Å². The zero-order valence-electron chi connectivity index (χ0n) is 11.9. The van der Waals surface area contributed by atoms with E-state index in [4.69, 9.17) is 0 Å². The Hall–Kier alpha value is -1.36. The second-order valence-corrected chi connectivity index (χ2v) is 7.21. The first-order valence-electron chi connectivity index (χ1n) is 7.20. The van der Waals surface area contributed by atoms with Gasteiger partial charge in [0.1, 0.15) is 12.1 Å². The summed E-state index contributed by atoms with van der Waals surface area (Å²) in [5, 5.41) is 2.96. The minimum Gasteiger partial charge on any atom is -0.340 e. The number of amides is 2. The lowest BCUT2D eigenvalue weighted by Crippen LogP contribution is -2.65. The first kappa shape index (κ1) is 13.6. The third-order valence-electron chi connectivity index (χ3n) is 4.46. The summed E-state index contributed by atoms with van der Waals surface area (Å²) < 4.78 is 0. The molecule has 20 heavy (non-hydrogen) atoms. The number of thiophene rings is 1. The van der Waals surface area contributed by atoms with Crippen molar-refractivity contribution < 1.29 is 9.59 Å². The summed E-state index contributed by atoms with van der Waals surface area (Å²) in [5.74, 6) is 0.0831. The monoisotopic (exact) mass is 292 g/mol. The van der Waals surface area contributed by atoms with Gasteiger partial charge in [0.2, 0.25) is 11.8 Å². The number of piperazine rings is 1. The third kappa shape index (κ3) is 2.14. The van der Waals surface area contributed by atoms with Crippen LogP contribution in [0.2, 0.25) is 0 Å². The Kier molecular flexibility index (Phi) is 3.32. The largest absolute Gasteiger partial charge is 0.340 e. The zero-order valence-corrected chi connectivity index (χ0v) is 12.8. The summed E-state index contributed by atoms with van der Waals surface area (Å²) in [6.45, 7) is 4.26. The van der Waals surface area contributed by atoms with Gasteiger partial charge in [0, 0.05) is 9.75 Å². The smallest absolute Gasteiger partial charge is 0.249 e. The summed E-state index contributed by atoms with van der Waals surface area (Å²) >= 11 is 1.70. The highest BCUT2D eigenvalue weighted by atomic mass is 32.1. The summed E-state index contributed by atoms with van der Waals surface area (Å²) in [7, 11) is 0. The van der Waals surface area contributed by atoms with Crippen LogP contribution in [-0.4, -0.2) is 28.8 Å². The molecule has 1 saturated carbocycles. The molecule has 2 fully saturated rings. The second-order valence-electron chi connectivity index (χ2n) is 5.89. The Bertz CT molecular complexity index is 546. The quantitative estimate of drug-likeness (QED) is 0.910. The molecule has 3 rings (SSSR count). The summed E-state index contributed by atoms with van der Waals surface area (Å²) in [6, 6.07) is 4.10. The molecule has 4 nitrogen and oxygen atoms in total. The van der Waals surface area contributed by atoms with Crippen molar-refractivity contribution in [3.05, 3.63) is 21.9 Å². The number of carbonyl (C=O) groups is 2. The Labute approximate surface area is 123 Å². The van der Waals surface area contributed by atoms with Crippen LogP contribution in [0.3, 0.4) is 0 Å². The van der Waals surface area contributed by atoms with Crippen molar-refractivity contribution >= 4 is 23.2 Å². The Morgan fingerprint density at radius 3 is 2.60 bits per heavy atom. The maximum atomic E-state index is 12.8. The fraction of sp³-hybridized carbons (Fsp3) is 0.600. The Morgan fingerprint density at radius 1 is 1.30 bits per heavy atom. The van der Waals surface area contributed by atoms with Crippen molar-refractivity contribution in [2.75, 3.05) is 6.54 Å². The highest BCUT2D eigenvalue weighted by Gasteiger charge is 2.49. The van der Waals surface area contributed by atoms with Crippen LogP contribution in [0, 0.1) is 6.92 Å². The standard InChI is InChI=1S/C15H20N2O2S/c1-10-5-6-12(20-10)11(2)17-9-13(18)16-15(14(17)19)7-3-4-8-15/h5-6,11H,3-4,7-9H2,1-2H3,(H,16,18). The molecule has 0 bridgehead atoms. The fourth-order valence-electron chi connectivity index (χ4n) is 3.32. The lowest BCUT2D eigenvalue weighted by atomic mass is 9.92. The van der Waals surface area contributed by atoms with Gasteiger partial charge in [0.05, 0.1) is 6.04 Å². The average molecular weight is 292 g/mol. The van der Waals surface area contributed by atoms with E-state index in [9.17, 15) is 9.59 Å². The van der Waals surface area contributed by atoms with E-state index < -0.39 is 5.54 Å². The summed E-state index contributed by atoms with van der Waals surface area (Å²) in [5.41, 5.74) is -0.615. The molecule has 1 unspecified atom stereocenters. The van der Waals surface area contributed by atoms with Crippen LogP contribution in [0.15, 0.2) is 12.1 Å². The van der Waals surface area contributed by atoms with E-state index in [0.717, 1.165) is 30.6 Å². The van der Waals surface area contributed by atoms with Gasteiger partial charge in [-0.2, -0.15) is 0 Å². The van der Waals surface area contributed by atoms with Gasteiger partial charge in [0.25, 0.3) is 0 Å². The minimum absolute atomic E-state index is 0.0216. The maximum Gasteiger partial charge on any atom is 0.249 e. The molecule has 1 aliphatic carbocycles. The SMILES string of the molecule is Cc1ccc(C(C)N2CC(=O)NC3(CCCC3)C2=O)s1. The van der Waals surface area contributed by atoms with Crippen LogP contribution in [-0.2, 0) is 9.59 Å². The number of hydrogen-bond acceptors (Lipinski definition) is 3. The number of carbonyl (C=O) groups excluding carboxylic acids is 2. The van der Waals surface area contributed by atoms with E-state index in [0.29, 0.717) is 0 Å². The molecule has 1 N–H and O–H groups in total. The topological polar surface area (TPSA) is 49.4 Å². The molecule has 0 radical (unpaired) electrons. The van der Waals surface area contributed by atoms with Crippen molar-refractivity contribution in [3.8, 4) is 0 Å². The first-order chi connectivity index (χ1) is 9.52. The van der Waals surface area contributed by atoms with Crippen molar-refractivity contribution in [2.24, 2.45) is 0 Å². The van der Waals surface area contributed by atoms with Crippen molar-refractivity contribution in [2.45, 2.75) is 51.1 Å². The molecule has 1 aromatic heterocycles. The van der Waals surface area contributed by atoms with E-state index in [2.05, 4.69) is 24.4 Å². The number of nitrogens with one attached hydrogen (secondary N) is 1. The van der Waals surface area contributed by atoms with Crippen LogP contribution in [0.4, 0.5) is 0 Å². The number of rotatable bonds is 2. The van der Waals surface area contributed by atoms with Gasteiger partial charge in [-0.05, 0) is 38.8 Å². The van der Waals surface area contributed by atoms with E-state index in [-0.39, 0.29) is 24.4 Å². The van der Waals surface area contributed by atoms with Gasteiger partial charge < -0.3 is 10.2 Å². The lowest BCUT2D eigenvalue weighted by molar-refractivity contribution is -0.152. The van der Waals surface area contributed by atoms with E-state index >= 15 is 0 Å². The molecule has 2 amide bonds.